The molecule has 0 saturated carbocycles. The highest BCUT2D eigenvalue weighted by atomic mass is 16.2. The van der Waals surface area contributed by atoms with E-state index in [9.17, 15) is 9.59 Å². The van der Waals surface area contributed by atoms with Gasteiger partial charge in [-0.1, -0.05) is 20.4 Å². The van der Waals surface area contributed by atoms with Crippen LogP contribution in [0, 0.1) is 5.92 Å². The smallest absolute Gasteiger partial charge is 0.329 e. The molecular weight excluding hydrogens is 480 g/mol. The van der Waals surface area contributed by atoms with Gasteiger partial charge in [-0.05, 0) is 49.1 Å². The average Bonchev–Trinajstić information content (AvgIpc) is 3.48. The van der Waals surface area contributed by atoms with Crippen LogP contribution in [0.5, 0.6) is 0 Å². The average molecular weight is 509 g/mol. The predicted octanol–water partition coefficient (Wildman–Crippen LogP) is 3.69. The lowest BCUT2D eigenvalue weighted by atomic mass is 10.0. The molecule has 5 aromatic rings. The third-order valence-corrected chi connectivity index (χ3v) is 7.30. The Bertz CT molecular complexity index is 1760. The van der Waals surface area contributed by atoms with Crippen molar-refractivity contribution in [2.24, 2.45) is 5.92 Å². The number of piperidine rings is 1. The molecule has 6 rings (SSSR count). The number of aromatic amines is 1. The summed E-state index contributed by atoms with van der Waals surface area (Å²) in [5.74, 6) is 1.06. The van der Waals surface area contributed by atoms with Crippen LogP contribution in [0.25, 0.3) is 39.0 Å². The minimum Gasteiger partial charge on any atom is -0.375 e. The number of pyridine rings is 3. The highest BCUT2D eigenvalue weighted by Crippen LogP contribution is 2.30. The number of aromatic nitrogens is 7. The van der Waals surface area contributed by atoms with Crippen LogP contribution in [0.2, 0.25) is 0 Å². The standard InChI is InChI=1S/C28H28N8O2/c1-17(2)18(3)34-13-9-20(10-14-34)36-26-21(27(37)33-28(36)38)16-29-23-7-6-22(32-25(23)26)19-5-8-24(30-15-19)35-12-4-11-31-35/h4-8,11-12,15-17,20H,3,9-10,13-14H2,1-2H3,(H,33,37,38). The molecule has 192 valence electrons. The lowest BCUT2D eigenvalue weighted by Gasteiger charge is -2.37. The van der Waals surface area contributed by atoms with E-state index in [1.54, 1.807) is 21.6 Å². The van der Waals surface area contributed by atoms with Crippen LogP contribution in [0.3, 0.4) is 0 Å². The summed E-state index contributed by atoms with van der Waals surface area (Å²) in [7, 11) is 0. The maximum Gasteiger partial charge on any atom is 0.329 e. The molecule has 10 heteroatoms. The Balaban J connectivity index is 1.45. The Morgan fingerprint density at radius 3 is 2.58 bits per heavy atom. The number of hydrogen-bond donors (Lipinski definition) is 1. The SMILES string of the molecule is C=C(C(C)C)N1CCC(n2c(=O)[nH]c(=O)c3cnc4ccc(-c5ccc(-n6cccn6)nc5)nc4c32)CC1. The van der Waals surface area contributed by atoms with E-state index in [2.05, 4.69) is 45.4 Å². The lowest BCUT2D eigenvalue weighted by Crippen LogP contribution is -2.40. The molecule has 1 saturated heterocycles. The molecule has 0 unspecified atom stereocenters. The summed E-state index contributed by atoms with van der Waals surface area (Å²) < 4.78 is 3.40. The molecule has 38 heavy (non-hydrogen) atoms. The van der Waals surface area contributed by atoms with Crippen molar-refractivity contribution in [1.29, 1.82) is 0 Å². The van der Waals surface area contributed by atoms with Gasteiger partial charge in [0.1, 0.15) is 5.52 Å². The number of allylic oxidation sites excluding steroid dienone is 1. The van der Waals surface area contributed by atoms with Crippen molar-refractivity contribution in [3.05, 3.63) is 88.2 Å². The van der Waals surface area contributed by atoms with Gasteiger partial charge in [-0.2, -0.15) is 5.10 Å². The first-order chi connectivity index (χ1) is 18.4. The van der Waals surface area contributed by atoms with E-state index in [4.69, 9.17) is 4.98 Å². The summed E-state index contributed by atoms with van der Waals surface area (Å²) in [6, 6.07) is 9.29. The van der Waals surface area contributed by atoms with Crippen LogP contribution in [0.4, 0.5) is 0 Å². The molecule has 0 atom stereocenters. The van der Waals surface area contributed by atoms with Gasteiger partial charge in [0.05, 0.1) is 22.1 Å². The molecule has 6 heterocycles. The summed E-state index contributed by atoms with van der Waals surface area (Å²) in [5.41, 5.74) is 3.36. The molecule has 0 aromatic carbocycles. The Hall–Kier alpha value is -4.60. The highest BCUT2D eigenvalue weighted by Gasteiger charge is 2.26. The summed E-state index contributed by atoms with van der Waals surface area (Å²) in [5, 5.41) is 4.56. The monoisotopic (exact) mass is 508 g/mol. The second kappa shape index (κ2) is 9.37. The quantitative estimate of drug-likeness (QED) is 0.360. The minimum atomic E-state index is -0.460. The van der Waals surface area contributed by atoms with E-state index in [0.29, 0.717) is 39.4 Å². The summed E-state index contributed by atoms with van der Waals surface area (Å²) in [6.07, 6.45) is 8.31. The molecule has 10 nitrogen and oxygen atoms in total. The fourth-order valence-corrected chi connectivity index (χ4v) is 5.15. The van der Waals surface area contributed by atoms with Gasteiger partial charge < -0.3 is 4.90 Å². The minimum absolute atomic E-state index is 0.0795. The van der Waals surface area contributed by atoms with Crippen molar-refractivity contribution in [2.75, 3.05) is 13.1 Å². The van der Waals surface area contributed by atoms with Gasteiger partial charge in [0.2, 0.25) is 0 Å². The van der Waals surface area contributed by atoms with E-state index < -0.39 is 11.2 Å². The zero-order valence-corrected chi connectivity index (χ0v) is 21.3. The van der Waals surface area contributed by atoms with Gasteiger partial charge in [-0.15, -0.1) is 0 Å². The fourth-order valence-electron chi connectivity index (χ4n) is 5.15. The molecule has 1 N–H and O–H groups in total. The number of nitrogens with one attached hydrogen (secondary N) is 1. The van der Waals surface area contributed by atoms with Crippen LogP contribution < -0.4 is 11.2 Å². The molecule has 1 fully saturated rings. The molecule has 1 aliphatic rings. The fraction of sp³-hybridized carbons (Fsp3) is 0.286. The van der Waals surface area contributed by atoms with E-state index in [-0.39, 0.29) is 6.04 Å². The van der Waals surface area contributed by atoms with Crippen LogP contribution in [0.1, 0.15) is 32.7 Å². The number of hydrogen-bond acceptors (Lipinski definition) is 7. The molecule has 0 spiro atoms. The first-order valence-corrected chi connectivity index (χ1v) is 12.7. The maximum absolute atomic E-state index is 13.2. The van der Waals surface area contributed by atoms with Crippen molar-refractivity contribution < 1.29 is 0 Å². The van der Waals surface area contributed by atoms with Crippen molar-refractivity contribution in [2.45, 2.75) is 32.7 Å². The van der Waals surface area contributed by atoms with Gasteiger partial charge in [0, 0.05) is 55.2 Å². The third-order valence-electron chi connectivity index (χ3n) is 7.30. The van der Waals surface area contributed by atoms with Gasteiger partial charge in [0.25, 0.3) is 5.56 Å². The summed E-state index contributed by atoms with van der Waals surface area (Å²) in [4.78, 5) is 44.7. The van der Waals surface area contributed by atoms with Crippen LogP contribution in [-0.4, -0.2) is 52.3 Å². The normalized spacial score (nSPS) is 14.6. The Morgan fingerprint density at radius 1 is 1.08 bits per heavy atom. The Morgan fingerprint density at radius 2 is 1.89 bits per heavy atom. The van der Waals surface area contributed by atoms with Gasteiger partial charge in [0.15, 0.2) is 5.82 Å². The maximum atomic E-state index is 13.2. The van der Waals surface area contributed by atoms with Crippen molar-refractivity contribution >= 4 is 21.9 Å². The molecule has 0 aliphatic carbocycles. The Kier molecular flexibility index (Phi) is 5.86. The lowest BCUT2D eigenvalue weighted by molar-refractivity contribution is 0.214. The number of nitrogens with zero attached hydrogens (tertiary/aromatic N) is 7. The molecule has 5 aromatic heterocycles. The van der Waals surface area contributed by atoms with E-state index in [1.807, 2.05) is 36.5 Å². The highest BCUT2D eigenvalue weighted by molar-refractivity contribution is 6.01. The topological polar surface area (TPSA) is 115 Å². The number of fused-ring (bicyclic) bond motifs is 3. The molecule has 0 bridgehead atoms. The van der Waals surface area contributed by atoms with Crippen LogP contribution in [0.15, 0.2) is 77.0 Å². The zero-order chi connectivity index (χ0) is 26.4. The second-order valence-electron chi connectivity index (χ2n) is 9.93. The van der Waals surface area contributed by atoms with Crippen molar-refractivity contribution in [3.8, 4) is 17.1 Å². The zero-order valence-electron chi connectivity index (χ0n) is 21.3. The van der Waals surface area contributed by atoms with Crippen LogP contribution in [-0.2, 0) is 0 Å². The first kappa shape index (κ1) is 23.8. The molecule has 0 radical (unpaired) electrons. The largest absolute Gasteiger partial charge is 0.375 e. The first-order valence-electron chi connectivity index (χ1n) is 12.7. The number of rotatable bonds is 5. The molecular formula is C28H28N8O2. The van der Waals surface area contributed by atoms with Crippen molar-refractivity contribution in [1.82, 2.24) is 39.2 Å². The summed E-state index contributed by atoms with van der Waals surface area (Å²) in [6.45, 7) is 10.1. The molecule has 0 amide bonds. The van der Waals surface area contributed by atoms with Gasteiger partial charge >= 0.3 is 5.69 Å². The van der Waals surface area contributed by atoms with Crippen molar-refractivity contribution in [3.63, 3.8) is 0 Å². The van der Waals surface area contributed by atoms with E-state index >= 15 is 0 Å². The third kappa shape index (κ3) is 4.07. The van der Waals surface area contributed by atoms with Crippen LogP contribution >= 0.6 is 0 Å². The summed E-state index contributed by atoms with van der Waals surface area (Å²) >= 11 is 0. The number of H-pyrrole nitrogens is 1. The van der Waals surface area contributed by atoms with E-state index in [0.717, 1.165) is 37.2 Å². The van der Waals surface area contributed by atoms with Gasteiger partial charge in [-0.25, -0.2) is 19.4 Å². The second-order valence-corrected chi connectivity index (χ2v) is 9.93. The van der Waals surface area contributed by atoms with Gasteiger partial charge in [-0.3, -0.25) is 19.3 Å². The predicted molar refractivity (Wildman–Crippen MR) is 146 cm³/mol. The molecule has 1 aliphatic heterocycles. The number of likely N-dealkylation sites (tertiary alicyclic amines) is 1. The Labute approximate surface area is 218 Å². The van der Waals surface area contributed by atoms with E-state index in [1.165, 1.54) is 6.20 Å².